The Morgan fingerprint density at radius 1 is 1.10 bits per heavy atom. The van der Waals surface area contributed by atoms with Crippen LogP contribution in [0, 0.1) is 0 Å². The summed E-state index contributed by atoms with van der Waals surface area (Å²) < 4.78 is 5.47. The Bertz CT molecular complexity index is 1220. The first-order valence-electron chi connectivity index (χ1n) is 9.77. The van der Waals surface area contributed by atoms with Crippen molar-refractivity contribution in [1.82, 2.24) is 15.2 Å². The van der Waals surface area contributed by atoms with E-state index >= 15 is 0 Å². The van der Waals surface area contributed by atoms with E-state index in [0.29, 0.717) is 24.4 Å². The number of nitrogens with zero attached hydrogens (tertiary/aromatic N) is 2. The highest BCUT2D eigenvalue weighted by Crippen LogP contribution is 2.33. The van der Waals surface area contributed by atoms with Crippen LogP contribution in [0.3, 0.4) is 0 Å². The average molecular weight is 401 g/mol. The number of pyridine rings is 1. The van der Waals surface area contributed by atoms with Crippen LogP contribution in [0.15, 0.2) is 48.5 Å². The van der Waals surface area contributed by atoms with E-state index < -0.39 is 11.9 Å². The Morgan fingerprint density at radius 2 is 1.93 bits per heavy atom. The van der Waals surface area contributed by atoms with Gasteiger partial charge in [0.05, 0.1) is 12.8 Å². The molecule has 1 unspecified atom stereocenters. The Balaban J connectivity index is 1.50. The number of benzene rings is 2. The molecule has 1 N–H and O–H groups in total. The predicted molar refractivity (Wildman–Crippen MR) is 110 cm³/mol. The third kappa shape index (κ3) is 2.90. The maximum absolute atomic E-state index is 12.9. The fraction of sp³-hybridized carbons (Fsp3) is 0.217. The van der Waals surface area contributed by atoms with Crippen LogP contribution in [0.5, 0.6) is 5.88 Å². The highest BCUT2D eigenvalue weighted by Gasteiger charge is 2.39. The Labute approximate surface area is 172 Å². The molecule has 7 nitrogen and oxygen atoms in total. The summed E-state index contributed by atoms with van der Waals surface area (Å²) in [7, 11) is 1.59. The van der Waals surface area contributed by atoms with Crippen molar-refractivity contribution in [2.45, 2.75) is 25.4 Å². The normalized spacial score (nSPS) is 18.5. The van der Waals surface area contributed by atoms with Gasteiger partial charge >= 0.3 is 0 Å². The van der Waals surface area contributed by atoms with Crippen molar-refractivity contribution in [2.24, 2.45) is 0 Å². The quantitative estimate of drug-likeness (QED) is 0.682. The first-order valence-corrected chi connectivity index (χ1v) is 9.77. The number of ether oxygens (including phenoxy) is 1. The monoisotopic (exact) mass is 401 g/mol. The summed E-state index contributed by atoms with van der Waals surface area (Å²) in [5.74, 6) is -0.340. The third-order valence-corrected chi connectivity index (χ3v) is 5.72. The second-order valence-electron chi connectivity index (χ2n) is 7.51. The summed E-state index contributed by atoms with van der Waals surface area (Å²) >= 11 is 0. The maximum Gasteiger partial charge on any atom is 0.255 e. The zero-order valence-electron chi connectivity index (χ0n) is 16.3. The van der Waals surface area contributed by atoms with E-state index in [1.54, 1.807) is 18.1 Å². The number of rotatable bonds is 3. The molecule has 0 saturated carbocycles. The number of hydrogen-bond donors (Lipinski definition) is 1. The molecule has 1 atom stereocenters. The first kappa shape index (κ1) is 18.3. The number of methoxy groups -OCH3 is 1. The van der Waals surface area contributed by atoms with Crippen LogP contribution in [0.25, 0.3) is 22.0 Å². The smallest absolute Gasteiger partial charge is 0.255 e. The van der Waals surface area contributed by atoms with Crippen molar-refractivity contribution in [2.75, 3.05) is 7.11 Å². The van der Waals surface area contributed by atoms with Gasteiger partial charge in [0.25, 0.3) is 5.91 Å². The van der Waals surface area contributed by atoms with E-state index in [9.17, 15) is 14.4 Å². The molecule has 0 aliphatic carbocycles. The minimum atomic E-state index is -0.620. The zero-order valence-corrected chi connectivity index (χ0v) is 16.3. The highest BCUT2D eigenvalue weighted by molar-refractivity contribution is 6.05. The van der Waals surface area contributed by atoms with Gasteiger partial charge in [0.15, 0.2) is 0 Å². The molecular weight excluding hydrogens is 382 g/mol. The van der Waals surface area contributed by atoms with Crippen LogP contribution in [-0.4, -0.2) is 40.8 Å². The molecule has 0 spiro atoms. The van der Waals surface area contributed by atoms with E-state index in [4.69, 9.17) is 4.74 Å². The average Bonchev–Trinajstić information content (AvgIpc) is 3.08. The van der Waals surface area contributed by atoms with Crippen LogP contribution < -0.4 is 10.1 Å². The Kier molecular flexibility index (Phi) is 4.24. The van der Waals surface area contributed by atoms with E-state index in [1.165, 1.54) is 0 Å². The van der Waals surface area contributed by atoms with Crippen LogP contribution in [0.1, 0.15) is 28.8 Å². The standard InChI is InChI=1S/C23H19N3O4/c1-30-22-16-5-3-2-4-13(16)11-18(24-22)14-6-7-17-15(10-14)12-26(23(17)29)19-8-9-20(27)25-21(19)28/h2-7,10-11,19H,8-9,12H2,1H3,(H,25,27,28). The van der Waals surface area contributed by atoms with Gasteiger partial charge in [-0.05, 0) is 41.6 Å². The number of nitrogens with one attached hydrogen (secondary N) is 1. The number of amides is 3. The van der Waals surface area contributed by atoms with Gasteiger partial charge in [0.1, 0.15) is 6.04 Å². The molecule has 3 heterocycles. The van der Waals surface area contributed by atoms with Crippen molar-refractivity contribution in [3.63, 3.8) is 0 Å². The van der Waals surface area contributed by atoms with Gasteiger partial charge in [-0.15, -0.1) is 0 Å². The lowest BCUT2D eigenvalue weighted by Crippen LogP contribution is -2.52. The Hall–Kier alpha value is -3.74. The van der Waals surface area contributed by atoms with Gasteiger partial charge in [-0.3, -0.25) is 19.7 Å². The molecule has 1 aromatic heterocycles. The summed E-state index contributed by atoms with van der Waals surface area (Å²) in [6.07, 6.45) is 0.587. The second-order valence-corrected chi connectivity index (χ2v) is 7.51. The van der Waals surface area contributed by atoms with E-state index in [-0.39, 0.29) is 18.2 Å². The van der Waals surface area contributed by atoms with Crippen LogP contribution in [0.2, 0.25) is 0 Å². The number of aromatic nitrogens is 1. The lowest BCUT2D eigenvalue weighted by atomic mass is 10.0. The fourth-order valence-electron chi connectivity index (χ4n) is 4.20. The summed E-state index contributed by atoms with van der Waals surface area (Å²) in [6, 6.07) is 14.8. The lowest BCUT2D eigenvalue weighted by molar-refractivity contribution is -0.136. The topological polar surface area (TPSA) is 88.6 Å². The SMILES string of the molecule is COc1nc(-c2ccc3c(c2)CN(C2CCC(=O)NC2=O)C3=O)cc2ccccc12. The number of hydrogen-bond acceptors (Lipinski definition) is 5. The maximum atomic E-state index is 12.9. The zero-order chi connectivity index (χ0) is 20.8. The molecule has 2 aliphatic heterocycles. The Morgan fingerprint density at radius 3 is 2.73 bits per heavy atom. The molecule has 150 valence electrons. The predicted octanol–water partition coefficient (Wildman–Crippen LogP) is 2.67. The third-order valence-electron chi connectivity index (χ3n) is 5.72. The molecule has 0 radical (unpaired) electrons. The van der Waals surface area contributed by atoms with Gasteiger partial charge in [-0.1, -0.05) is 24.3 Å². The molecule has 7 heteroatoms. The van der Waals surface area contributed by atoms with Crippen molar-refractivity contribution >= 4 is 28.5 Å². The largest absolute Gasteiger partial charge is 0.481 e. The summed E-state index contributed by atoms with van der Waals surface area (Å²) in [5.41, 5.74) is 3.04. The number of piperidine rings is 1. The molecule has 0 bridgehead atoms. The van der Waals surface area contributed by atoms with Gasteiger partial charge in [0.2, 0.25) is 17.7 Å². The summed E-state index contributed by atoms with van der Waals surface area (Å²) in [6.45, 7) is 0.332. The van der Waals surface area contributed by atoms with Gasteiger partial charge in [0, 0.05) is 29.5 Å². The molecule has 2 aromatic carbocycles. The summed E-state index contributed by atoms with van der Waals surface area (Å²) in [5, 5.41) is 4.27. The number of carbonyl (C=O) groups excluding carboxylic acids is 3. The summed E-state index contributed by atoms with van der Waals surface area (Å²) in [4.78, 5) is 42.7. The van der Waals surface area contributed by atoms with Crippen molar-refractivity contribution in [3.05, 3.63) is 59.7 Å². The van der Waals surface area contributed by atoms with Gasteiger partial charge in [-0.25, -0.2) is 4.98 Å². The van der Waals surface area contributed by atoms with Crippen molar-refractivity contribution in [1.29, 1.82) is 0 Å². The molecule has 3 aromatic rings. The van der Waals surface area contributed by atoms with E-state index in [0.717, 1.165) is 27.6 Å². The number of carbonyl (C=O) groups is 3. The molecule has 1 fully saturated rings. The molecule has 30 heavy (non-hydrogen) atoms. The van der Waals surface area contributed by atoms with Crippen LogP contribution >= 0.6 is 0 Å². The molecule has 2 aliphatic rings. The number of imide groups is 1. The minimum Gasteiger partial charge on any atom is -0.481 e. The molecule has 3 amide bonds. The van der Waals surface area contributed by atoms with E-state index in [1.807, 2.05) is 42.5 Å². The van der Waals surface area contributed by atoms with Crippen LogP contribution in [0.4, 0.5) is 0 Å². The van der Waals surface area contributed by atoms with Crippen molar-refractivity contribution < 1.29 is 19.1 Å². The van der Waals surface area contributed by atoms with Crippen LogP contribution in [-0.2, 0) is 16.1 Å². The number of fused-ring (bicyclic) bond motifs is 2. The fourth-order valence-corrected chi connectivity index (χ4v) is 4.20. The second kappa shape index (κ2) is 6.95. The minimum absolute atomic E-state index is 0.185. The highest BCUT2D eigenvalue weighted by atomic mass is 16.5. The first-order chi connectivity index (χ1) is 14.5. The molecular formula is C23H19N3O4. The van der Waals surface area contributed by atoms with Gasteiger partial charge < -0.3 is 9.64 Å². The lowest BCUT2D eigenvalue weighted by Gasteiger charge is -2.29. The molecule has 5 rings (SSSR count). The van der Waals surface area contributed by atoms with Crippen molar-refractivity contribution in [3.8, 4) is 17.1 Å². The van der Waals surface area contributed by atoms with Gasteiger partial charge in [-0.2, -0.15) is 0 Å². The molecule has 1 saturated heterocycles. The van der Waals surface area contributed by atoms with E-state index in [2.05, 4.69) is 10.3 Å².